The topological polar surface area (TPSA) is 94.9 Å². The van der Waals surface area contributed by atoms with Crippen LogP contribution in [0.3, 0.4) is 0 Å². The largest absolute Gasteiger partial charge is 0.467 e. The normalized spacial score (nSPS) is 11.0. The Morgan fingerprint density at radius 1 is 1.41 bits per heavy atom. The van der Waals surface area contributed by atoms with Gasteiger partial charge in [0.15, 0.2) is 5.52 Å². The van der Waals surface area contributed by atoms with Gasteiger partial charge in [0.2, 0.25) is 5.91 Å². The minimum atomic E-state index is -0.332. The summed E-state index contributed by atoms with van der Waals surface area (Å²) in [5.74, 6) is 0.349. The van der Waals surface area contributed by atoms with Crippen LogP contribution in [0.5, 0.6) is 0 Å². The van der Waals surface area contributed by atoms with Gasteiger partial charge in [0, 0.05) is 7.05 Å². The average Bonchev–Trinajstić information content (AvgIpc) is 3.10. The Bertz CT molecular complexity index is 876. The summed E-state index contributed by atoms with van der Waals surface area (Å²) in [4.78, 5) is 28.4. The zero-order valence-electron chi connectivity index (χ0n) is 12.2. The zero-order valence-corrected chi connectivity index (χ0v) is 12.2. The van der Waals surface area contributed by atoms with Crippen LogP contribution < -0.4 is 10.9 Å². The molecule has 1 amide bonds. The van der Waals surface area contributed by atoms with Crippen LogP contribution >= 0.6 is 0 Å². The molecule has 0 aromatic carbocycles. The highest BCUT2D eigenvalue weighted by atomic mass is 16.3. The number of carbonyl (C=O) groups excluding carboxylic acids is 1. The van der Waals surface area contributed by atoms with E-state index in [4.69, 9.17) is 4.42 Å². The minimum absolute atomic E-state index is 0.113. The van der Waals surface area contributed by atoms with E-state index >= 15 is 0 Å². The van der Waals surface area contributed by atoms with Gasteiger partial charge in [0.1, 0.15) is 17.8 Å². The summed E-state index contributed by atoms with van der Waals surface area (Å²) in [5.41, 5.74) is 1.30. The summed E-state index contributed by atoms with van der Waals surface area (Å²) in [7, 11) is 1.75. The molecule has 0 spiro atoms. The van der Waals surface area contributed by atoms with E-state index < -0.39 is 0 Å². The molecule has 3 aromatic rings. The second-order valence-corrected chi connectivity index (χ2v) is 4.94. The van der Waals surface area contributed by atoms with Gasteiger partial charge in [-0.3, -0.25) is 18.8 Å². The molecule has 0 aliphatic rings. The summed E-state index contributed by atoms with van der Waals surface area (Å²) < 4.78 is 7.96. The van der Waals surface area contributed by atoms with Crippen LogP contribution in [-0.2, 0) is 24.9 Å². The molecular formula is C14H15N5O3. The number of amides is 1. The van der Waals surface area contributed by atoms with Crippen molar-refractivity contribution in [2.24, 2.45) is 7.05 Å². The number of carbonyl (C=O) groups is 1. The zero-order chi connectivity index (χ0) is 15.7. The highest BCUT2D eigenvalue weighted by Crippen LogP contribution is 2.09. The number of nitrogens with zero attached hydrogens (tertiary/aromatic N) is 4. The molecular weight excluding hydrogens is 286 g/mol. The summed E-state index contributed by atoms with van der Waals surface area (Å²) in [5, 5.41) is 6.82. The summed E-state index contributed by atoms with van der Waals surface area (Å²) in [6.07, 6.45) is 2.90. The summed E-state index contributed by atoms with van der Waals surface area (Å²) >= 11 is 0. The van der Waals surface area contributed by atoms with E-state index in [1.807, 2.05) is 6.92 Å². The predicted molar refractivity (Wildman–Crippen MR) is 78.1 cm³/mol. The highest BCUT2D eigenvalue weighted by Gasteiger charge is 2.13. The number of nitrogens with one attached hydrogen (secondary N) is 1. The molecule has 1 N–H and O–H groups in total. The van der Waals surface area contributed by atoms with Crippen molar-refractivity contribution in [1.29, 1.82) is 0 Å². The molecule has 8 heteroatoms. The molecule has 3 heterocycles. The quantitative estimate of drug-likeness (QED) is 0.750. The Morgan fingerprint density at radius 3 is 2.95 bits per heavy atom. The van der Waals surface area contributed by atoms with Gasteiger partial charge in [-0.15, -0.1) is 0 Å². The first kappa shape index (κ1) is 14.1. The van der Waals surface area contributed by atoms with E-state index in [1.54, 1.807) is 23.9 Å². The first-order valence-corrected chi connectivity index (χ1v) is 6.74. The third-order valence-electron chi connectivity index (χ3n) is 3.45. The Morgan fingerprint density at radius 2 is 2.23 bits per heavy atom. The van der Waals surface area contributed by atoms with Gasteiger partial charge >= 0.3 is 0 Å². The van der Waals surface area contributed by atoms with Crippen LogP contribution in [0.4, 0.5) is 0 Å². The van der Waals surface area contributed by atoms with Crippen molar-refractivity contribution >= 4 is 16.9 Å². The van der Waals surface area contributed by atoms with E-state index in [9.17, 15) is 9.59 Å². The average molecular weight is 301 g/mol. The number of hydrogen-bond donors (Lipinski definition) is 1. The molecule has 114 valence electrons. The van der Waals surface area contributed by atoms with Crippen molar-refractivity contribution in [1.82, 2.24) is 24.6 Å². The van der Waals surface area contributed by atoms with Crippen LogP contribution in [0.1, 0.15) is 11.5 Å². The van der Waals surface area contributed by atoms with Crippen LogP contribution in [0.25, 0.3) is 11.0 Å². The second kappa shape index (κ2) is 5.47. The van der Waals surface area contributed by atoms with Gasteiger partial charge in [-0.1, -0.05) is 0 Å². The molecule has 0 unspecified atom stereocenters. The Labute approximate surface area is 125 Å². The van der Waals surface area contributed by atoms with Crippen molar-refractivity contribution in [2.75, 3.05) is 0 Å². The Kier molecular flexibility index (Phi) is 3.50. The monoisotopic (exact) mass is 301 g/mol. The molecule has 3 rings (SSSR count). The van der Waals surface area contributed by atoms with E-state index in [2.05, 4.69) is 15.4 Å². The molecule has 22 heavy (non-hydrogen) atoms. The standard InChI is InChI=1S/C14H15N5O3/c1-9-12-13(17-18(9)2)14(21)19(8-16-12)7-11(20)15-6-10-4-3-5-22-10/h3-5,8H,6-7H2,1-2H3,(H,15,20). The van der Waals surface area contributed by atoms with Crippen molar-refractivity contribution in [3.05, 3.63) is 46.5 Å². The fraction of sp³-hybridized carbons (Fsp3) is 0.286. The van der Waals surface area contributed by atoms with Crippen molar-refractivity contribution in [3.8, 4) is 0 Å². The number of fused-ring (bicyclic) bond motifs is 1. The summed E-state index contributed by atoms with van der Waals surface area (Å²) in [6, 6.07) is 3.50. The van der Waals surface area contributed by atoms with Crippen LogP contribution in [0.2, 0.25) is 0 Å². The number of hydrogen-bond acceptors (Lipinski definition) is 5. The molecule has 0 aliphatic carbocycles. The number of aromatic nitrogens is 4. The first-order valence-electron chi connectivity index (χ1n) is 6.74. The second-order valence-electron chi connectivity index (χ2n) is 4.94. The number of aryl methyl sites for hydroxylation is 2. The molecule has 0 saturated heterocycles. The maximum Gasteiger partial charge on any atom is 0.282 e. The van der Waals surface area contributed by atoms with Crippen molar-refractivity contribution < 1.29 is 9.21 Å². The van der Waals surface area contributed by atoms with Crippen LogP contribution in [0, 0.1) is 6.92 Å². The van der Waals surface area contributed by atoms with E-state index in [0.29, 0.717) is 11.3 Å². The van der Waals surface area contributed by atoms with Crippen LogP contribution in [-0.4, -0.2) is 25.2 Å². The van der Waals surface area contributed by atoms with E-state index in [-0.39, 0.29) is 30.1 Å². The lowest BCUT2D eigenvalue weighted by atomic mass is 10.3. The lowest BCUT2D eigenvalue weighted by Crippen LogP contribution is -2.32. The molecule has 0 aliphatic heterocycles. The fourth-order valence-electron chi connectivity index (χ4n) is 2.13. The third-order valence-corrected chi connectivity index (χ3v) is 3.45. The minimum Gasteiger partial charge on any atom is -0.467 e. The van der Waals surface area contributed by atoms with Gasteiger partial charge < -0.3 is 9.73 Å². The SMILES string of the molecule is Cc1c2ncn(CC(=O)NCc3ccco3)c(=O)c2nn1C. The van der Waals surface area contributed by atoms with Crippen molar-refractivity contribution in [2.45, 2.75) is 20.0 Å². The lowest BCUT2D eigenvalue weighted by Gasteiger charge is -2.05. The molecule has 0 bridgehead atoms. The molecule has 0 radical (unpaired) electrons. The molecule has 3 aromatic heterocycles. The van der Waals surface area contributed by atoms with Gasteiger partial charge in [0.25, 0.3) is 5.56 Å². The Hall–Kier alpha value is -2.90. The van der Waals surface area contributed by atoms with Gasteiger partial charge in [0.05, 0.1) is 24.8 Å². The van der Waals surface area contributed by atoms with Gasteiger partial charge in [-0.25, -0.2) is 4.98 Å². The lowest BCUT2D eigenvalue weighted by molar-refractivity contribution is -0.121. The number of rotatable bonds is 4. The van der Waals surface area contributed by atoms with Gasteiger partial charge in [-0.05, 0) is 19.1 Å². The van der Waals surface area contributed by atoms with Crippen molar-refractivity contribution in [3.63, 3.8) is 0 Å². The van der Waals surface area contributed by atoms with Crippen LogP contribution in [0.15, 0.2) is 33.9 Å². The fourth-order valence-corrected chi connectivity index (χ4v) is 2.13. The highest BCUT2D eigenvalue weighted by molar-refractivity contribution is 5.77. The summed E-state index contributed by atoms with van der Waals surface area (Å²) in [6.45, 7) is 2.00. The third kappa shape index (κ3) is 2.50. The van der Waals surface area contributed by atoms with E-state index in [1.165, 1.54) is 17.2 Å². The molecule has 8 nitrogen and oxygen atoms in total. The number of furan rings is 1. The molecule has 0 saturated carbocycles. The maximum atomic E-state index is 12.3. The predicted octanol–water partition coefficient (Wildman–Crippen LogP) is 0.348. The molecule has 0 atom stereocenters. The van der Waals surface area contributed by atoms with E-state index in [0.717, 1.165) is 5.69 Å². The first-order chi connectivity index (χ1) is 10.6. The Balaban J connectivity index is 1.77. The molecule has 0 fully saturated rings. The smallest absolute Gasteiger partial charge is 0.282 e. The van der Waals surface area contributed by atoms with Gasteiger partial charge in [-0.2, -0.15) is 5.10 Å². The maximum absolute atomic E-state index is 12.3.